The molecule has 0 fully saturated rings. The second kappa shape index (κ2) is 8.81. The van der Waals surface area contributed by atoms with Crippen molar-refractivity contribution in [2.24, 2.45) is 0 Å². The summed E-state index contributed by atoms with van der Waals surface area (Å²) in [5, 5.41) is 4.82. The number of thiophene rings is 1. The van der Waals surface area contributed by atoms with E-state index in [-0.39, 0.29) is 18.6 Å². The molecular weight excluding hydrogens is 346 g/mol. The molecule has 1 aromatic heterocycles. The van der Waals surface area contributed by atoms with E-state index in [0.717, 1.165) is 23.3 Å². The first-order valence-electron chi connectivity index (χ1n) is 8.91. The molecular formula is C21H23NO3S. The maximum Gasteiger partial charge on any atom is 0.331 e. The maximum atomic E-state index is 12.0. The van der Waals surface area contributed by atoms with Crippen LogP contribution in [0.25, 0.3) is 6.08 Å². The van der Waals surface area contributed by atoms with Crippen LogP contribution in [0.2, 0.25) is 0 Å². The number of fused-ring (bicyclic) bond motifs is 1. The molecule has 0 aliphatic heterocycles. The van der Waals surface area contributed by atoms with Gasteiger partial charge in [-0.2, -0.15) is 0 Å². The quantitative estimate of drug-likeness (QED) is 0.617. The van der Waals surface area contributed by atoms with Gasteiger partial charge in [-0.3, -0.25) is 4.79 Å². The van der Waals surface area contributed by atoms with Gasteiger partial charge in [-0.1, -0.05) is 24.3 Å². The molecule has 1 atom stereocenters. The Morgan fingerprint density at radius 2 is 2.04 bits per heavy atom. The molecule has 5 heteroatoms. The van der Waals surface area contributed by atoms with Crippen LogP contribution >= 0.6 is 11.3 Å². The van der Waals surface area contributed by atoms with E-state index in [0.29, 0.717) is 0 Å². The Hall–Kier alpha value is -2.40. The fourth-order valence-electron chi connectivity index (χ4n) is 3.11. The third kappa shape index (κ3) is 5.05. The van der Waals surface area contributed by atoms with Gasteiger partial charge in [-0.15, -0.1) is 11.3 Å². The Morgan fingerprint density at radius 3 is 2.81 bits per heavy atom. The van der Waals surface area contributed by atoms with Crippen LogP contribution in [0.1, 0.15) is 47.4 Å². The fourth-order valence-corrected chi connectivity index (χ4v) is 3.73. The number of benzene rings is 1. The van der Waals surface area contributed by atoms with Crippen molar-refractivity contribution >= 4 is 29.3 Å². The lowest BCUT2D eigenvalue weighted by molar-refractivity contribution is -0.144. The molecule has 1 amide bonds. The second-order valence-electron chi connectivity index (χ2n) is 6.48. The standard InChI is InChI=1S/C21H23NO3S/c1-15(17-9-8-16-5-2-3-6-18(16)13-17)22-20(23)14-25-21(24)11-10-19-7-4-12-26-19/h4,7-13,15H,2-3,5-6,14H2,1H3,(H,22,23)/b11-10+/t15-/m1/s1. The largest absolute Gasteiger partial charge is 0.452 e. The van der Waals surface area contributed by atoms with Crippen molar-refractivity contribution in [3.05, 3.63) is 63.4 Å². The van der Waals surface area contributed by atoms with E-state index in [4.69, 9.17) is 4.74 Å². The molecule has 4 nitrogen and oxygen atoms in total. The average molecular weight is 369 g/mol. The predicted molar refractivity (Wildman–Crippen MR) is 104 cm³/mol. The second-order valence-corrected chi connectivity index (χ2v) is 7.46. The van der Waals surface area contributed by atoms with Crippen molar-refractivity contribution in [1.29, 1.82) is 0 Å². The van der Waals surface area contributed by atoms with Crippen molar-refractivity contribution in [3.8, 4) is 0 Å². The van der Waals surface area contributed by atoms with Crippen LogP contribution in [0.4, 0.5) is 0 Å². The summed E-state index contributed by atoms with van der Waals surface area (Å²) >= 11 is 1.53. The normalized spacial score (nSPS) is 14.7. The number of esters is 1. The number of amides is 1. The van der Waals surface area contributed by atoms with Crippen molar-refractivity contribution in [2.75, 3.05) is 6.61 Å². The zero-order valence-electron chi connectivity index (χ0n) is 14.9. The summed E-state index contributed by atoms with van der Waals surface area (Å²) in [6.45, 7) is 1.67. The summed E-state index contributed by atoms with van der Waals surface area (Å²) in [7, 11) is 0. The van der Waals surface area contributed by atoms with Crippen molar-refractivity contribution in [1.82, 2.24) is 5.32 Å². The Morgan fingerprint density at radius 1 is 1.23 bits per heavy atom. The highest BCUT2D eigenvalue weighted by Gasteiger charge is 2.14. The summed E-state index contributed by atoms with van der Waals surface area (Å²) in [6.07, 6.45) is 7.76. The SMILES string of the molecule is C[C@@H](NC(=O)COC(=O)/C=C/c1cccs1)c1ccc2c(c1)CCCC2. The molecule has 1 N–H and O–H groups in total. The van der Waals surface area contributed by atoms with Gasteiger partial charge in [0.15, 0.2) is 6.61 Å². The first-order valence-corrected chi connectivity index (χ1v) is 9.79. The van der Waals surface area contributed by atoms with Gasteiger partial charge in [0.2, 0.25) is 0 Å². The highest BCUT2D eigenvalue weighted by Crippen LogP contribution is 2.24. The number of nitrogens with one attached hydrogen (secondary N) is 1. The molecule has 1 aromatic carbocycles. The highest BCUT2D eigenvalue weighted by molar-refractivity contribution is 7.10. The summed E-state index contributed by atoms with van der Waals surface area (Å²) in [6, 6.07) is 10.1. The molecule has 3 rings (SSSR count). The minimum Gasteiger partial charge on any atom is -0.452 e. The van der Waals surface area contributed by atoms with Crippen LogP contribution in [0.3, 0.4) is 0 Å². The summed E-state index contributed by atoms with van der Waals surface area (Å²) < 4.78 is 5.00. The van der Waals surface area contributed by atoms with Gasteiger partial charge in [-0.05, 0) is 66.8 Å². The molecule has 136 valence electrons. The summed E-state index contributed by atoms with van der Waals surface area (Å²) in [5.41, 5.74) is 3.90. The molecule has 1 aliphatic carbocycles. The van der Waals surface area contributed by atoms with E-state index in [1.165, 1.54) is 41.4 Å². The van der Waals surface area contributed by atoms with E-state index < -0.39 is 5.97 Å². The minimum absolute atomic E-state index is 0.116. The van der Waals surface area contributed by atoms with E-state index in [1.54, 1.807) is 6.08 Å². The third-order valence-corrected chi connectivity index (χ3v) is 5.36. The predicted octanol–water partition coefficient (Wildman–Crippen LogP) is 4.06. The lowest BCUT2D eigenvalue weighted by Crippen LogP contribution is -2.31. The zero-order valence-corrected chi connectivity index (χ0v) is 15.7. The van der Waals surface area contributed by atoms with Crippen LogP contribution in [0, 0.1) is 0 Å². The van der Waals surface area contributed by atoms with Crippen molar-refractivity contribution in [3.63, 3.8) is 0 Å². The first-order chi connectivity index (χ1) is 12.6. The van der Waals surface area contributed by atoms with Crippen LogP contribution in [0.5, 0.6) is 0 Å². The first kappa shape index (κ1) is 18.4. The van der Waals surface area contributed by atoms with Crippen LogP contribution < -0.4 is 5.32 Å². The smallest absolute Gasteiger partial charge is 0.331 e. The number of ether oxygens (including phenoxy) is 1. The third-order valence-electron chi connectivity index (χ3n) is 4.52. The molecule has 0 saturated carbocycles. The van der Waals surface area contributed by atoms with Crippen LogP contribution in [-0.2, 0) is 27.2 Å². The van der Waals surface area contributed by atoms with E-state index in [9.17, 15) is 9.59 Å². The summed E-state index contributed by atoms with van der Waals surface area (Å²) in [5.74, 6) is -0.817. The monoisotopic (exact) mass is 369 g/mol. The highest BCUT2D eigenvalue weighted by atomic mass is 32.1. The molecule has 1 heterocycles. The lowest BCUT2D eigenvalue weighted by atomic mass is 9.89. The maximum absolute atomic E-state index is 12.0. The van der Waals surface area contributed by atoms with E-state index in [1.807, 2.05) is 24.4 Å². The molecule has 0 radical (unpaired) electrons. The number of rotatable bonds is 6. The number of hydrogen-bond acceptors (Lipinski definition) is 4. The number of carbonyl (C=O) groups is 2. The van der Waals surface area contributed by atoms with Crippen molar-refractivity contribution in [2.45, 2.75) is 38.6 Å². The Balaban J connectivity index is 1.47. The summed E-state index contributed by atoms with van der Waals surface area (Å²) in [4.78, 5) is 24.7. The number of hydrogen-bond donors (Lipinski definition) is 1. The molecule has 0 spiro atoms. The molecule has 0 unspecified atom stereocenters. The molecule has 1 aliphatic rings. The topological polar surface area (TPSA) is 55.4 Å². The van der Waals surface area contributed by atoms with Gasteiger partial charge in [0.1, 0.15) is 0 Å². The number of aryl methyl sites for hydroxylation is 2. The van der Waals surface area contributed by atoms with Gasteiger partial charge < -0.3 is 10.1 Å². The van der Waals surface area contributed by atoms with Gasteiger partial charge in [0.05, 0.1) is 6.04 Å². The van der Waals surface area contributed by atoms with Crippen molar-refractivity contribution < 1.29 is 14.3 Å². The Bertz CT molecular complexity index is 796. The lowest BCUT2D eigenvalue weighted by Gasteiger charge is -2.20. The minimum atomic E-state index is -0.519. The Kier molecular flexibility index (Phi) is 6.23. The average Bonchev–Trinajstić information content (AvgIpc) is 3.18. The molecule has 2 aromatic rings. The van der Waals surface area contributed by atoms with Crippen LogP contribution in [-0.4, -0.2) is 18.5 Å². The Labute approximate surface area is 157 Å². The van der Waals surface area contributed by atoms with Gasteiger partial charge in [0.25, 0.3) is 5.91 Å². The number of carbonyl (C=O) groups excluding carboxylic acids is 2. The zero-order chi connectivity index (χ0) is 18.4. The molecule has 0 bridgehead atoms. The van der Waals surface area contributed by atoms with Crippen LogP contribution in [0.15, 0.2) is 41.8 Å². The van der Waals surface area contributed by atoms with E-state index in [2.05, 4.69) is 23.5 Å². The van der Waals surface area contributed by atoms with Gasteiger partial charge in [-0.25, -0.2) is 4.79 Å². The van der Waals surface area contributed by atoms with Gasteiger partial charge >= 0.3 is 5.97 Å². The van der Waals surface area contributed by atoms with Gasteiger partial charge in [0, 0.05) is 11.0 Å². The van der Waals surface area contributed by atoms with E-state index >= 15 is 0 Å². The molecule has 0 saturated heterocycles. The molecule has 26 heavy (non-hydrogen) atoms. The fraction of sp³-hybridized carbons (Fsp3) is 0.333.